The Labute approximate surface area is 227 Å². The molecular weight excluding hydrogens is 500 g/mol. The minimum Gasteiger partial charge on any atom is -0.454 e. The fourth-order valence-electron chi connectivity index (χ4n) is 4.82. The third-order valence-electron chi connectivity index (χ3n) is 6.62. The van der Waals surface area contributed by atoms with Crippen LogP contribution in [0.3, 0.4) is 0 Å². The van der Waals surface area contributed by atoms with Crippen molar-refractivity contribution in [3.05, 3.63) is 64.8 Å². The molecule has 200 valence electrons. The van der Waals surface area contributed by atoms with Crippen LogP contribution in [0.2, 0.25) is 0 Å². The molecule has 0 fully saturated rings. The average Bonchev–Trinajstić information content (AvgIpc) is 3.48. The van der Waals surface area contributed by atoms with E-state index in [1.54, 1.807) is 16.7 Å². The Morgan fingerprint density at radius 1 is 1.16 bits per heavy atom. The molecule has 0 saturated carbocycles. The van der Waals surface area contributed by atoms with Crippen LogP contribution in [0.15, 0.2) is 42.5 Å². The van der Waals surface area contributed by atoms with Gasteiger partial charge in [0.15, 0.2) is 11.5 Å². The van der Waals surface area contributed by atoms with E-state index in [4.69, 9.17) is 14.6 Å². The quantitative estimate of drug-likeness (QED) is 0.484. The zero-order chi connectivity index (χ0) is 27.0. The Morgan fingerprint density at radius 3 is 2.68 bits per heavy atom. The highest BCUT2D eigenvalue weighted by atomic mass is 32.2. The summed E-state index contributed by atoms with van der Waals surface area (Å²) in [5.41, 5.74) is 4.44. The summed E-state index contributed by atoms with van der Waals surface area (Å²) in [6, 6.07) is 14.0. The number of anilines is 1. The second-order valence-electron chi connectivity index (χ2n) is 10.7. The minimum absolute atomic E-state index is 0.0681. The predicted octanol–water partition coefficient (Wildman–Crippen LogP) is 4.90. The second kappa shape index (κ2) is 10.4. The van der Waals surface area contributed by atoms with Crippen molar-refractivity contribution in [2.24, 2.45) is 0 Å². The van der Waals surface area contributed by atoms with Crippen molar-refractivity contribution in [2.45, 2.75) is 51.7 Å². The monoisotopic (exact) mass is 534 g/mol. The lowest BCUT2D eigenvalue weighted by Crippen LogP contribution is -2.42. The molecule has 0 bridgehead atoms. The largest absolute Gasteiger partial charge is 0.454 e. The molecule has 2 aliphatic heterocycles. The standard InChI is InChI=1S/C29H34N4O4S/c1-6-12-30-23(34)15-32-24(35)16-38-26(19-10-11-21-22(14-19)37-17-36-21)25-27(29(3,4)5)31-33(28(25)32)20-9-7-8-18(2)13-20/h7-11,13-14,26H,6,12,15-17H2,1-5H3,(H,30,34). The Morgan fingerprint density at radius 2 is 1.95 bits per heavy atom. The van der Waals surface area contributed by atoms with Crippen LogP contribution in [-0.2, 0) is 15.0 Å². The molecule has 1 atom stereocenters. The molecule has 2 amide bonds. The number of carbonyl (C=O) groups is 2. The number of aromatic nitrogens is 2. The maximum atomic E-state index is 13.7. The number of aryl methyl sites for hydroxylation is 1. The fourth-order valence-corrected chi connectivity index (χ4v) is 6.00. The van der Waals surface area contributed by atoms with E-state index in [9.17, 15) is 9.59 Å². The van der Waals surface area contributed by atoms with Gasteiger partial charge in [0.2, 0.25) is 18.6 Å². The smallest absolute Gasteiger partial charge is 0.240 e. The molecule has 3 heterocycles. The Hall–Kier alpha value is -3.46. The van der Waals surface area contributed by atoms with E-state index in [1.165, 1.54) is 0 Å². The van der Waals surface area contributed by atoms with Gasteiger partial charge in [0.25, 0.3) is 0 Å². The third-order valence-corrected chi connectivity index (χ3v) is 7.87. The zero-order valence-corrected chi connectivity index (χ0v) is 23.4. The zero-order valence-electron chi connectivity index (χ0n) is 22.5. The first-order valence-corrected chi connectivity index (χ1v) is 14.0. The van der Waals surface area contributed by atoms with Crippen molar-refractivity contribution in [1.82, 2.24) is 15.1 Å². The SMILES string of the molecule is CCCNC(=O)CN1C(=O)CSC(c2ccc3c(c2)OCO3)c2c(C(C)(C)C)nn(-c3cccc(C)c3)c21. The lowest BCUT2D eigenvalue weighted by atomic mass is 9.87. The molecule has 2 aliphatic rings. The van der Waals surface area contributed by atoms with Gasteiger partial charge >= 0.3 is 0 Å². The van der Waals surface area contributed by atoms with Crippen LogP contribution in [0.1, 0.15) is 61.7 Å². The first-order valence-electron chi connectivity index (χ1n) is 13.0. The number of nitrogens with zero attached hydrogens (tertiary/aromatic N) is 3. The van der Waals surface area contributed by atoms with Crippen molar-refractivity contribution >= 4 is 29.4 Å². The maximum absolute atomic E-state index is 13.7. The number of hydrogen-bond acceptors (Lipinski definition) is 6. The lowest BCUT2D eigenvalue weighted by Gasteiger charge is -2.24. The van der Waals surface area contributed by atoms with E-state index in [1.807, 2.05) is 61.0 Å². The number of benzene rings is 2. The lowest BCUT2D eigenvalue weighted by molar-refractivity contribution is -0.122. The molecule has 5 rings (SSSR count). The molecule has 9 heteroatoms. The second-order valence-corrected chi connectivity index (χ2v) is 11.8. The number of rotatable bonds is 6. The van der Waals surface area contributed by atoms with Gasteiger partial charge in [-0.15, -0.1) is 11.8 Å². The Kier molecular flexibility index (Phi) is 7.13. The average molecular weight is 535 g/mol. The van der Waals surface area contributed by atoms with Gasteiger partial charge in [0.05, 0.1) is 22.4 Å². The number of nitrogens with one attached hydrogen (secondary N) is 1. The summed E-state index contributed by atoms with van der Waals surface area (Å²) in [4.78, 5) is 28.3. The third kappa shape index (κ3) is 4.99. The molecule has 1 N–H and O–H groups in total. The van der Waals surface area contributed by atoms with Gasteiger partial charge in [-0.2, -0.15) is 5.10 Å². The van der Waals surface area contributed by atoms with E-state index < -0.39 is 0 Å². The van der Waals surface area contributed by atoms with E-state index in [2.05, 4.69) is 26.1 Å². The van der Waals surface area contributed by atoms with E-state index in [-0.39, 0.29) is 41.6 Å². The van der Waals surface area contributed by atoms with Gasteiger partial charge in [-0.3, -0.25) is 14.5 Å². The molecule has 1 unspecified atom stereocenters. The maximum Gasteiger partial charge on any atom is 0.240 e. The van der Waals surface area contributed by atoms with E-state index >= 15 is 0 Å². The predicted molar refractivity (Wildman–Crippen MR) is 150 cm³/mol. The number of carbonyl (C=O) groups excluding carboxylic acids is 2. The van der Waals surface area contributed by atoms with Gasteiger partial charge in [-0.05, 0) is 48.7 Å². The van der Waals surface area contributed by atoms with Crippen LogP contribution >= 0.6 is 11.8 Å². The number of fused-ring (bicyclic) bond motifs is 2. The summed E-state index contributed by atoms with van der Waals surface area (Å²) in [7, 11) is 0. The van der Waals surface area contributed by atoms with Crippen molar-refractivity contribution in [1.29, 1.82) is 0 Å². The van der Waals surface area contributed by atoms with Crippen LogP contribution in [0.25, 0.3) is 5.69 Å². The molecular formula is C29H34N4O4S. The molecule has 0 spiro atoms. The van der Waals surface area contributed by atoms with Crippen LogP contribution in [-0.4, -0.2) is 47.2 Å². The van der Waals surface area contributed by atoms with Crippen LogP contribution in [0.5, 0.6) is 11.5 Å². The molecule has 0 aliphatic carbocycles. The molecule has 0 saturated heterocycles. The van der Waals surface area contributed by atoms with Crippen LogP contribution in [0, 0.1) is 6.92 Å². The summed E-state index contributed by atoms with van der Waals surface area (Å²) in [6.07, 6.45) is 0.822. The van der Waals surface area contributed by atoms with Crippen LogP contribution < -0.4 is 19.7 Å². The van der Waals surface area contributed by atoms with Crippen LogP contribution in [0.4, 0.5) is 5.82 Å². The first-order chi connectivity index (χ1) is 18.2. The van der Waals surface area contributed by atoms with Crippen molar-refractivity contribution in [3.63, 3.8) is 0 Å². The topological polar surface area (TPSA) is 85.7 Å². The van der Waals surface area contributed by atoms with E-state index in [0.717, 1.165) is 34.5 Å². The first kappa shape index (κ1) is 26.2. The summed E-state index contributed by atoms with van der Waals surface area (Å²) < 4.78 is 13.1. The normalized spacial score (nSPS) is 16.8. The van der Waals surface area contributed by atoms with Gasteiger partial charge in [-0.25, -0.2) is 4.68 Å². The molecule has 38 heavy (non-hydrogen) atoms. The van der Waals surface area contributed by atoms with Gasteiger partial charge in [0, 0.05) is 17.5 Å². The highest BCUT2D eigenvalue weighted by Gasteiger charge is 2.40. The van der Waals surface area contributed by atoms with Gasteiger partial charge in [-0.1, -0.05) is 45.9 Å². The summed E-state index contributed by atoms with van der Waals surface area (Å²) >= 11 is 1.55. The van der Waals surface area contributed by atoms with Gasteiger partial charge in [0.1, 0.15) is 12.4 Å². The van der Waals surface area contributed by atoms with Gasteiger partial charge < -0.3 is 14.8 Å². The summed E-state index contributed by atoms with van der Waals surface area (Å²) in [6.45, 7) is 11.1. The Bertz CT molecular complexity index is 1380. The number of hydrogen-bond donors (Lipinski definition) is 1. The number of thioether (sulfide) groups is 1. The number of amides is 2. The van der Waals surface area contributed by atoms with Crippen molar-refractivity contribution in [3.8, 4) is 17.2 Å². The molecule has 1 aromatic heterocycles. The van der Waals surface area contributed by atoms with E-state index in [0.29, 0.717) is 23.9 Å². The highest BCUT2D eigenvalue weighted by Crippen LogP contribution is 2.49. The van der Waals surface area contributed by atoms with Crippen molar-refractivity contribution < 1.29 is 19.1 Å². The molecule has 8 nitrogen and oxygen atoms in total. The summed E-state index contributed by atoms with van der Waals surface area (Å²) in [5, 5.41) is 7.87. The summed E-state index contributed by atoms with van der Waals surface area (Å²) in [5.74, 6) is 1.97. The molecule has 2 aromatic carbocycles. The highest BCUT2D eigenvalue weighted by molar-refractivity contribution is 8.00. The number of ether oxygens (including phenoxy) is 2. The minimum atomic E-state index is -0.322. The fraction of sp³-hybridized carbons (Fsp3) is 0.414. The van der Waals surface area contributed by atoms with Crippen molar-refractivity contribution in [2.75, 3.05) is 30.5 Å². The Balaban J connectivity index is 1.75. The molecule has 0 radical (unpaired) electrons. The molecule has 3 aromatic rings.